The predicted molar refractivity (Wildman–Crippen MR) is 98.3 cm³/mol. The molecular weight excluding hydrogens is 373 g/mol. The van der Waals surface area contributed by atoms with E-state index in [4.69, 9.17) is 4.74 Å². The summed E-state index contributed by atoms with van der Waals surface area (Å²) in [6.45, 7) is 2.15. The summed E-state index contributed by atoms with van der Waals surface area (Å²) < 4.78 is 43.6. The van der Waals surface area contributed by atoms with Crippen molar-refractivity contribution in [2.75, 3.05) is 38.2 Å². The van der Waals surface area contributed by atoms with Crippen molar-refractivity contribution < 1.29 is 22.7 Å². The Morgan fingerprint density at radius 1 is 1.18 bits per heavy atom. The number of rotatable bonds is 4. The number of methoxy groups -OCH3 is 1. The van der Waals surface area contributed by atoms with Gasteiger partial charge in [0.2, 0.25) is 5.88 Å². The molecule has 1 aliphatic heterocycles. The fraction of sp³-hybridized carbons (Fsp3) is 0.368. The van der Waals surface area contributed by atoms with E-state index in [1.807, 2.05) is 11.0 Å². The molecule has 0 spiro atoms. The summed E-state index contributed by atoms with van der Waals surface area (Å²) in [7, 11) is 1.53. The van der Waals surface area contributed by atoms with Crippen LogP contribution in [0, 0.1) is 0 Å². The summed E-state index contributed by atoms with van der Waals surface area (Å²) in [5.41, 5.74) is 0.689. The highest BCUT2D eigenvalue weighted by Gasteiger charge is 2.31. The first kappa shape index (κ1) is 19.8. The number of aromatic nitrogens is 1. The summed E-state index contributed by atoms with van der Waals surface area (Å²) in [6, 6.07) is 8.59. The third kappa shape index (κ3) is 4.85. The maximum absolute atomic E-state index is 12.9. The Labute approximate surface area is 160 Å². The minimum absolute atomic E-state index is 0.209. The Kier molecular flexibility index (Phi) is 5.91. The van der Waals surface area contributed by atoms with Gasteiger partial charge in [0.1, 0.15) is 0 Å². The molecular formula is C19H21F3N4O2. The first-order valence-corrected chi connectivity index (χ1v) is 8.81. The smallest absolute Gasteiger partial charge is 0.416 e. The highest BCUT2D eigenvalue weighted by Crippen LogP contribution is 2.31. The molecule has 0 bridgehead atoms. The molecule has 6 nitrogen and oxygen atoms in total. The molecule has 0 aliphatic carbocycles. The van der Waals surface area contributed by atoms with Crippen molar-refractivity contribution in [1.82, 2.24) is 15.2 Å². The molecule has 1 aliphatic rings. The van der Waals surface area contributed by atoms with Gasteiger partial charge in [-0.3, -0.25) is 0 Å². The molecule has 1 fully saturated rings. The van der Waals surface area contributed by atoms with Gasteiger partial charge in [-0.05, 0) is 23.8 Å². The number of amides is 2. The van der Waals surface area contributed by atoms with Gasteiger partial charge in [0.25, 0.3) is 0 Å². The van der Waals surface area contributed by atoms with E-state index < -0.39 is 11.7 Å². The maximum atomic E-state index is 12.9. The number of carbonyl (C=O) groups excluding carboxylic acids is 1. The number of nitrogens with one attached hydrogen (secondary N) is 1. The number of alkyl halides is 3. The number of nitrogens with zero attached hydrogens (tertiary/aromatic N) is 3. The lowest BCUT2D eigenvalue weighted by Crippen LogP contribution is -2.51. The number of hydrogen-bond donors (Lipinski definition) is 1. The van der Waals surface area contributed by atoms with Crippen molar-refractivity contribution in [3.05, 3.63) is 53.7 Å². The zero-order valence-electron chi connectivity index (χ0n) is 15.4. The Bertz CT molecular complexity index is 804. The van der Waals surface area contributed by atoms with Gasteiger partial charge in [-0.15, -0.1) is 0 Å². The number of hydrogen-bond acceptors (Lipinski definition) is 4. The molecule has 2 heterocycles. The second kappa shape index (κ2) is 8.37. The Morgan fingerprint density at radius 3 is 2.54 bits per heavy atom. The lowest BCUT2D eigenvalue weighted by molar-refractivity contribution is -0.137. The highest BCUT2D eigenvalue weighted by atomic mass is 19.4. The summed E-state index contributed by atoms with van der Waals surface area (Å²) in [5, 5.41) is 2.83. The van der Waals surface area contributed by atoms with Crippen LogP contribution in [0.2, 0.25) is 0 Å². The van der Waals surface area contributed by atoms with Gasteiger partial charge in [0.15, 0.2) is 0 Å². The molecule has 1 aromatic carbocycles. The van der Waals surface area contributed by atoms with Gasteiger partial charge < -0.3 is 19.9 Å². The average molecular weight is 394 g/mol. The van der Waals surface area contributed by atoms with Crippen molar-refractivity contribution in [1.29, 1.82) is 0 Å². The van der Waals surface area contributed by atoms with E-state index in [0.29, 0.717) is 44.3 Å². The Hall–Kier alpha value is -2.97. The Balaban J connectivity index is 1.51. The van der Waals surface area contributed by atoms with E-state index in [1.54, 1.807) is 23.2 Å². The number of anilines is 1. The molecule has 150 valence electrons. The van der Waals surface area contributed by atoms with Crippen LogP contribution < -0.4 is 15.0 Å². The van der Waals surface area contributed by atoms with E-state index in [-0.39, 0.29) is 6.03 Å². The molecule has 28 heavy (non-hydrogen) atoms. The van der Waals surface area contributed by atoms with E-state index in [1.165, 1.54) is 13.2 Å². The number of piperazine rings is 1. The first-order valence-electron chi connectivity index (χ1n) is 8.81. The van der Waals surface area contributed by atoms with E-state index in [2.05, 4.69) is 10.3 Å². The lowest BCUT2D eigenvalue weighted by atomic mass is 10.1. The molecule has 0 unspecified atom stereocenters. The topological polar surface area (TPSA) is 57.7 Å². The number of carbonyl (C=O) groups is 1. The first-order chi connectivity index (χ1) is 13.4. The lowest BCUT2D eigenvalue weighted by Gasteiger charge is -2.36. The molecule has 1 N–H and O–H groups in total. The Morgan fingerprint density at radius 2 is 1.93 bits per heavy atom. The van der Waals surface area contributed by atoms with Gasteiger partial charge in [0, 0.05) is 50.7 Å². The molecule has 9 heteroatoms. The fourth-order valence-corrected chi connectivity index (χ4v) is 2.97. The van der Waals surface area contributed by atoms with E-state index in [0.717, 1.165) is 17.7 Å². The average Bonchev–Trinajstić information content (AvgIpc) is 2.72. The van der Waals surface area contributed by atoms with Crippen molar-refractivity contribution in [3.63, 3.8) is 0 Å². The summed E-state index contributed by atoms with van der Waals surface area (Å²) in [4.78, 5) is 19.9. The van der Waals surface area contributed by atoms with Crippen molar-refractivity contribution >= 4 is 11.7 Å². The molecule has 3 rings (SSSR count). The number of pyridine rings is 1. The zero-order valence-corrected chi connectivity index (χ0v) is 15.4. The van der Waals surface area contributed by atoms with Crippen LogP contribution >= 0.6 is 0 Å². The van der Waals surface area contributed by atoms with Gasteiger partial charge in [-0.2, -0.15) is 13.2 Å². The van der Waals surface area contributed by atoms with Crippen LogP contribution in [-0.2, 0) is 12.7 Å². The largest absolute Gasteiger partial charge is 0.481 e. The third-order valence-corrected chi connectivity index (χ3v) is 4.56. The van der Waals surface area contributed by atoms with Crippen LogP contribution in [0.3, 0.4) is 0 Å². The minimum Gasteiger partial charge on any atom is -0.481 e. The van der Waals surface area contributed by atoms with Crippen molar-refractivity contribution in [2.24, 2.45) is 0 Å². The minimum atomic E-state index is -4.37. The number of ether oxygens (including phenoxy) is 1. The molecule has 0 radical (unpaired) electrons. The molecule has 0 atom stereocenters. The normalized spacial score (nSPS) is 14.7. The van der Waals surface area contributed by atoms with Gasteiger partial charge in [-0.1, -0.05) is 12.1 Å². The van der Waals surface area contributed by atoms with Crippen molar-refractivity contribution in [3.8, 4) is 5.88 Å². The van der Waals surface area contributed by atoms with E-state index >= 15 is 0 Å². The summed E-state index contributed by atoms with van der Waals surface area (Å²) >= 11 is 0. The second-order valence-corrected chi connectivity index (χ2v) is 6.39. The van der Waals surface area contributed by atoms with Crippen LogP contribution in [0.1, 0.15) is 11.1 Å². The number of urea groups is 1. The third-order valence-electron chi connectivity index (χ3n) is 4.56. The van der Waals surface area contributed by atoms with Crippen LogP contribution in [0.5, 0.6) is 5.88 Å². The fourth-order valence-electron chi connectivity index (χ4n) is 2.97. The van der Waals surface area contributed by atoms with Gasteiger partial charge in [-0.25, -0.2) is 9.78 Å². The standard InChI is InChI=1S/C19H21F3N4O2/c1-28-17-6-5-14(12-23-17)13-24-18(27)26-9-7-25(8-10-26)16-4-2-3-15(11-16)19(20,21)22/h2-6,11-12H,7-10,13H2,1H3,(H,24,27). The van der Waals surface area contributed by atoms with Gasteiger partial charge >= 0.3 is 12.2 Å². The number of benzene rings is 1. The maximum Gasteiger partial charge on any atom is 0.416 e. The zero-order chi connectivity index (χ0) is 20.1. The highest BCUT2D eigenvalue weighted by molar-refractivity contribution is 5.74. The summed E-state index contributed by atoms with van der Waals surface area (Å²) in [6.07, 6.45) is -2.74. The van der Waals surface area contributed by atoms with Crippen molar-refractivity contribution in [2.45, 2.75) is 12.7 Å². The molecule has 1 aromatic heterocycles. The predicted octanol–water partition coefficient (Wildman–Crippen LogP) is 3.14. The van der Waals surface area contributed by atoms with Gasteiger partial charge in [0.05, 0.1) is 12.7 Å². The molecule has 0 saturated carbocycles. The van der Waals surface area contributed by atoms with Crippen LogP contribution in [0.4, 0.5) is 23.7 Å². The van der Waals surface area contributed by atoms with Crippen LogP contribution in [0.25, 0.3) is 0 Å². The molecule has 2 amide bonds. The van der Waals surface area contributed by atoms with E-state index in [9.17, 15) is 18.0 Å². The van der Waals surface area contributed by atoms with Crippen LogP contribution in [0.15, 0.2) is 42.6 Å². The number of halogens is 3. The molecule has 1 saturated heterocycles. The summed E-state index contributed by atoms with van der Waals surface area (Å²) in [5.74, 6) is 0.501. The second-order valence-electron chi connectivity index (χ2n) is 6.39. The quantitative estimate of drug-likeness (QED) is 0.866. The monoisotopic (exact) mass is 394 g/mol. The van der Waals surface area contributed by atoms with Crippen LogP contribution in [-0.4, -0.2) is 49.2 Å². The SMILES string of the molecule is COc1ccc(CNC(=O)N2CCN(c3cccc(C(F)(F)F)c3)CC2)cn1. The molecule has 2 aromatic rings.